The number of fused-ring (bicyclic) bond motifs is 1. The molecule has 0 aromatic heterocycles. The Morgan fingerprint density at radius 2 is 1.96 bits per heavy atom. The van der Waals surface area contributed by atoms with Gasteiger partial charge < -0.3 is 20.3 Å². The number of rotatable bonds is 3. The number of alkyl carbamates (subject to hydrolysis) is 1. The summed E-state index contributed by atoms with van der Waals surface area (Å²) in [7, 11) is 0. The largest absolute Gasteiger partial charge is 0.444 e. The molecular weight excluding hydrogens is 351 g/mol. The number of hydrogen-bond donors (Lipinski definition) is 2. The van der Waals surface area contributed by atoms with Crippen molar-refractivity contribution < 1.29 is 27.5 Å². The van der Waals surface area contributed by atoms with E-state index in [1.807, 2.05) is 0 Å². The van der Waals surface area contributed by atoms with Gasteiger partial charge in [0.25, 0.3) is 0 Å². The number of nitrogens with zero attached hydrogens (tertiary/aromatic N) is 1. The molecule has 1 heterocycles. The van der Waals surface area contributed by atoms with E-state index >= 15 is 0 Å². The third-order valence-corrected chi connectivity index (χ3v) is 3.58. The van der Waals surface area contributed by atoms with Crippen LogP contribution in [-0.2, 0) is 9.53 Å². The van der Waals surface area contributed by atoms with Crippen molar-refractivity contribution in [1.29, 1.82) is 0 Å². The van der Waals surface area contributed by atoms with Crippen LogP contribution in [0.1, 0.15) is 27.2 Å². The fourth-order valence-corrected chi connectivity index (χ4v) is 2.51. The third-order valence-electron chi connectivity index (χ3n) is 3.58. The van der Waals surface area contributed by atoms with Crippen LogP contribution >= 0.6 is 0 Å². The van der Waals surface area contributed by atoms with Gasteiger partial charge in [-0.2, -0.15) is 13.2 Å². The number of para-hydroxylation sites is 2. The second kappa shape index (κ2) is 7.43. The number of carbonyl (C=O) groups excluding carboxylic acids is 2. The Labute approximate surface area is 149 Å². The number of hydrogen-bond acceptors (Lipinski definition) is 4. The van der Waals surface area contributed by atoms with Crippen molar-refractivity contribution in [3.05, 3.63) is 24.3 Å². The number of nitrogens with one attached hydrogen (secondary N) is 2. The monoisotopic (exact) mass is 373 g/mol. The van der Waals surface area contributed by atoms with Crippen molar-refractivity contribution in [1.82, 2.24) is 5.32 Å². The zero-order chi connectivity index (χ0) is 19.5. The Balaban J connectivity index is 2.19. The molecule has 2 amide bonds. The highest BCUT2D eigenvalue weighted by Gasteiger charge is 2.33. The quantitative estimate of drug-likeness (QED) is 0.853. The lowest BCUT2D eigenvalue weighted by molar-refractivity contribution is -0.132. The molecule has 0 aliphatic carbocycles. The molecule has 0 unspecified atom stereocenters. The average Bonchev–Trinajstić information content (AvgIpc) is 2.60. The van der Waals surface area contributed by atoms with E-state index in [4.69, 9.17) is 4.74 Å². The van der Waals surface area contributed by atoms with Crippen LogP contribution in [0.2, 0.25) is 0 Å². The number of benzene rings is 1. The summed E-state index contributed by atoms with van der Waals surface area (Å²) in [5, 5.41) is 5.07. The summed E-state index contributed by atoms with van der Waals surface area (Å²) in [5.41, 5.74) is 0.108. The summed E-state index contributed by atoms with van der Waals surface area (Å²) < 4.78 is 43.1. The van der Waals surface area contributed by atoms with E-state index < -0.39 is 36.2 Å². The normalized spacial score (nSPS) is 17.8. The molecule has 1 aromatic rings. The number of ether oxygens (including phenoxy) is 1. The molecule has 0 saturated carbocycles. The van der Waals surface area contributed by atoms with Crippen molar-refractivity contribution in [2.45, 2.75) is 45.0 Å². The van der Waals surface area contributed by atoms with Gasteiger partial charge in [-0.1, -0.05) is 12.1 Å². The lowest BCUT2D eigenvalue weighted by atomic mass is 10.2. The second-order valence-electron chi connectivity index (χ2n) is 7.02. The van der Waals surface area contributed by atoms with Crippen LogP contribution in [0.25, 0.3) is 0 Å². The molecule has 1 atom stereocenters. The van der Waals surface area contributed by atoms with E-state index in [2.05, 4.69) is 10.6 Å². The van der Waals surface area contributed by atoms with Gasteiger partial charge in [0.15, 0.2) is 0 Å². The first-order valence-electron chi connectivity index (χ1n) is 8.16. The summed E-state index contributed by atoms with van der Waals surface area (Å²) >= 11 is 0. The summed E-state index contributed by atoms with van der Waals surface area (Å²) in [6.07, 6.45) is -6.17. The van der Waals surface area contributed by atoms with Gasteiger partial charge >= 0.3 is 12.3 Å². The van der Waals surface area contributed by atoms with Crippen LogP contribution in [0.3, 0.4) is 0 Å². The Kier molecular flexibility index (Phi) is 5.68. The number of alkyl halides is 3. The van der Waals surface area contributed by atoms with Crippen LogP contribution in [0.15, 0.2) is 24.3 Å². The predicted molar refractivity (Wildman–Crippen MR) is 91.1 cm³/mol. The fourth-order valence-electron chi connectivity index (χ4n) is 2.51. The Hall–Kier alpha value is -2.45. The number of amides is 2. The topological polar surface area (TPSA) is 70.7 Å². The summed E-state index contributed by atoms with van der Waals surface area (Å²) in [6.45, 7) is 4.59. The smallest absolute Gasteiger partial charge is 0.408 e. The van der Waals surface area contributed by atoms with Crippen LogP contribution in [-0.4, -0.2) is 42.9 Å². The second-order valence-corrected chi connectivity index (χ2v) is 7.02. The minimum Gasteiger partial charge on any atom is -0.444 e. The zero-order valence-electron chi connectivity index (χ0n) is 14.8. The molecule has 26 heavy (non-hydrogen) atoms. The van der Waals surface area contributed by atoms with Gasteiger partial charge in [0.1, 0.15) is 11.6 Å². The van der Waals surface area contributed by atoms with Gasteiger partial charge in [0.2, 0.25) is 5.91 Å². The maximum absolute atomic E-state index is 12.7. The van der Waals surface area contributed by atoms with Gasteiger partial charge in [-0.25, -0.2) is 4.79 Å². The van der Waals surface area contributed by atoms with E-state index in [0.29, 0.717) is 11.4 Å². The molecule has 0 fully saturated rings. The van der Waals surface area contributed by atoms with Gasteiger partial charge in [0, 0.05) is 13.1 Å². The molecule has 1 aromatic carbocycles. The molecule has 2 rings (SSSR count). The van der Waals surface area contributed by atoms with Crippen molar-refractivity contribution in [3.8, 4) is 0 Å². The zero-order valence-corrected chi connectivity index (χ0v) is 14.8. The molecular formula is C17H22F3N3O3. The highest BCUT2D eigenvalue weighted by Crippen LogP contribution is 2.30. The summed E-state index contributed by atoms with van der Waals surface area (Å²) in [6, 6.07) is 5.52. The fraction of sp³-hybridized carbons (Fsp3) is 0.529. The summed E-state index contributed by atoms with van der Waals surface area (Å²) in [4.78, 5) is 25.8. The number of anilines is 2. The SMILES string of the molecule is CC(C)(C)OC(=O)N[C@H]1CN(CCC(F)(F)F)c2ccccc2NC1=O. The van der Waals surface area contributed by atoms with Crippen molar-refractivity contribution in [3.63, 3.8) is 0 Å². The van der Waals surface area contributed by atoms with E-state index in [-0.39, 0.29) is 13.1 Å². The van der Waals surface area contributed by atoms with Gasteiger partial charge in [0.05, 0.1) is 17.8 Å². The molecule has 0 bridgehead atoms. The van der Waals surface area contributed by atoms with Gasteiger partial charge in [-0.05, 0) is 32.9 Å². The Morgan fingerprint density at radius 3 is 2.58 bits per heavy atom. The molecule has 6 nitrogen and oxygen atoms in total. The lowest BCUT2D eigenvalue weighted by Crippen LogP contribution is -2.50. The van der Waals surface area contributed by atoms with Crippen LogP contribution in [0.4, 0.5) is 29.3 Å². The Morgan fingerprint density at radius 1 is 1.31 bits per heavy atom. The molecule has 2 N–H and O–H groups in total. The maximum Gasteiger partial charge on any atom is 0.408 e. The van der Waals surface area contributed by atoms with Crippen molar-refractivity contribution in [2.24, 2.45) is 0 Å². The highest BCUT2D eigenvalue weighted by molar-refractivity contribution is 6.01. The van der Waals surface area contributed by atoms with Crippen LogP contribution in [0, 0.1) is 0 Å². The molecule has 9 heteroatoms. The van der Waals surface area contributed by atoms with E-state index in [0.717, 1.165) is 0 Å². The standard InChI is InChI=1S/C17H22F3N3O3/c1-16(2,3)26-15(25)22-12-10-23(9-8-17(18,19)20)13-7-5-4-6-11(13)21-14(12)24/h4-7,12H,8-10H2,1-3H3,(H,21,24)(H,22,25)/t12-/m0/s1. The molecule has 144 valence electrons. The Bertz CT molecular complexity index is 671. The number of carbonyl (C=O) groups is 2. The van der Waals surface area contributed by atoms with Gasteiger partial charge in [-0.3, -0.25) is 4.79 Å². The van der Waals surface area contributed by atoms with E-state index in [1.165, 1.54) is 4.90 Å². The van der Waals surface area contributed by atoms with Crippen LogP contribution < -0.4 is 15.5 Å². The third kappa shape index (κ3) is 5.82. The van der Waals surface area contributed by atoms with E-state index in [9.17, 15) is 22.8 Å². The minimum absolute atomic E-state index is 0.0990. The molecule has 1 aliphatic rings. The minimum atomic E-state index is -4.33. The molecule has 0 radical (unpaired) electrons. The predicted octanol–water partition coefficient (Wildman–Crippen LogP) is 3.29. The van der Waals surface area contributed by atoms with Crippen molar-refractivity contribution in [2.75, 3.05) is 23.3 Å². The first-order valence-corrected chi connectivity index (χ1v) is 8.16. The lowest BCUT2D eigenvalue weighted by Gasteiger charge is -2.28. The van der Waals surface area contributed by atoms with E-state index in [1.54, 1.807) is 45.0 Å². The van der Waals surface area contributed by atoms with Crippen molar-refractivity contribution >= 4 is 23.4 Å². The molecule has 0 saturated heterocycles. The highest BCUT2D eigenvalue weighted by atomic mass is 19.4. The molecule has 0 spiro atoms. The summed E-state index contributed by atoms with van der Waals surface area (Å²) in [5.74, 6) is -0.516. The first kappa shape index (κ1) is 19.9. The average molecular weight is 373 g/mol. The molecule has 1 aliphatic heterocycles. The van der Waals surface area contributed by atoms with Gasteiger partial charge in [-0.15, -0.1) is 0 Å². The number of halogens is 3. The maximum atomic E-state index is 12.7. The first-order chi connectivity index (χ1) is 11.9. The van der Waals surface area contributed by atoms with Crippen LogP contribution in [0.5, 0.6) is 0 Å².